The number of anilines is 1. The second kappa shape index (κ2) is 6.31. The average molecular weight is 260 g/mol. The fraction of sp³-hybridized carbons (Fsp3) is 0.500. The van der Waals surface area contributed by atoms with Crippen LogP contribution in [0.25, 0.3) is 0 Å². The van der Waals surface area contributed by atoms with Crippen LogP contribution in [0.4, 0.5) is 5.95 Å². The number of hydrogen-bond acceptors (Lipinski definition) is 5. The van der Waals surface area contributed by atoms with Gasteiger partial charge >= 0.3 is 0 Å². The third-order valence-electron chi connectivity index (χ3n) is 2.77. The van der Waals surface area contributed by atoms with E-state index in [1.54, 1.807) is 0 Å². The highest BCUT2D eigenvalue weighted by Crippen LogP contribution is 2.09. The molecule has 2 heterocycles. The van der Waals surface area contributed by atoms with Crippen LogP contribution >= 0.6 is 0 Å². The first-order valence-electron chi connectivity index (χ1n) is 6.69. The highest BCUT2D eigenvalue weighted by molar-refractivity contribution is 5.24. The molecule has 102 valence electrons. The lowest BCUT2D eigenvalue weighted by molar-refractivity contribution is 0.377. The van der Waals surface area contributed by atoms with Gasteiger partial charge in [0.15, 0.2) is 0 Å². The molecule has 1 N–H and O–H groups in total. The summed E-state index contributed by atoms with van der Waals surface area (Å²) in [6, 6.07) is 6.26. The van der Waals surface area contributed by atoms with Gasteiger partial charge < -0.3 is 9.84 Å². The Labute approximate surface area is 113 Å². The molecular formula is C14H20N4O. The van der Waals surface area contributed by atoms with Crippen LogP contribution in [-0.4, -0.2) is 21.2 Å². The zero-order valence-corrected chi connectivity index (χ0v) is 11.7. The molecule has 0 aliphatic carbocycles. The number of aromatic nitrogens is 3. The van der Waals surface area contributed by atoms with Gasteiger partial charge in [0.1, 0.15) is 0 Å². The van der Waals surface area contributed by atoms with Crippen molar-refractivity contribution in [3.8, 4) is 0 Å². The van der Waals surface area contributed by atoms with Crippen LogP contribution in [0, 0.1) is 6.92 Å². The summed E-state index contributed by atoms with van der Waals surface area (Å²) in [4.78, 5) is 8.78. The van der Waals surface area contributed by atoms with E-state index in [0.717, 1.165) is 30.7 Å². The Hall–Kier alpha value is -1.91. The van der Waals surface area contributed by atoms with Gasteiger partial charge in [-0.25, -0.2) is 0 Å². The van der Waals surface area contributed by atoms with Crippen molar-refractivity contribution in [2.24, 2.45) is 0 Å². The zero-order valence-electron chi connectivity index (χ0n) is 11.7. The Morgan fingerprint density at radius 1 is 1.32 bits per heavy atom. The molecule has 0 bridgehead atoms. The molecule has 2 aromatic rings. The van der Waals surface area contributed by atoms with Crippen LogP contribution in [0.3, 0.4) is 0 Å². The molecule has 0 radical (unpaired) electrons. The first-order valence-corrected chi connectivity index (χ1v) is 6.69. The van der Waals surface area contributed by atoms with Gasteiger partial charge in [0.25, 0.3) is 5.95 Å². The van der Waals surface area contributed by atoms with E-state index >= 15 is 0 Å². The summed E-state index contributed by atoms with van der Waals surface area (Å²) < 4.78 is 5.14. The van der Waals surface area contributed by atoms with Gasteiger partial charge in [0.05, 0.1) is 0 Å². The van der Waals surface area contributed by atoms with Crippen molar-refractivity contribution in [1.82, 2.24) is 15.1 Å². The maximum atomic E-state index is 5.14. The lowest BCUT2D eigenvalue weighted by Gasteiger charge is -2.11. The Morgan fingerprint density at radius 2 is 2.16 bits per heavy atom. The van der Waals surface area contributed by atoms with Crippen molar-refractivity contribution in [3.63, 3.8) is 0 Å². The summed E-state index contributed by atoms with van der Waals surface area (Å²) in [5, 5.41) is 7.15. The third kappa shape index (κ3) is 4.05. The molecule has 0 saturated carbocycles. The molecule has 0 saturated heterocycles. The van der Waals surface area contributed by atoms with Crippen molar-refractivity contribution in [2.45, 2.75) is 46.1 Å². The normalized spacial score (nSPS) is 12.4. The van der Waals surface area contributed by atoms with Crippen LogP contribution in [0.5, 0.6) is 0 Å². The minimum atomic E-state index is 0.210. The van der Waals surface area contributed by atoms with Crippen LogP contribution in [0.15, 0.2) is 22.7 Å². The van der Waals surface area contributed by atoms with Gasteiger partial charge in [0.2, 0.25) is 5.89 Å². The number of nitrogens with one attached hydrogen (secondary N) is 1. The van der Waals surface area contributed by atoms with Crippen LogP contribution in [-0.2, 0) is 12.8 Å². The summed E-state index contributed by atoms with van der Waals surface area (Å²) >= 11 is 0. The van der Waals surface area contributed by atoms with Gasteiger partial charge in [-0.05, 0) is 37.6 Å². The summed E-state index contributed by atoms with van der Waals surface area (Å²) in [7, 11) is 0. The number of nitrogens with zero attached hydrogens (tertiary/aromatic N) is 3. The molecule has 1 atom stereocenters. The Morgan fingerprint density at radius 3 is 2.89 bits per heavy atom. The first kappa shape index (κ1) is 13.5. The summed E-state index contributed by atoms with van der Waals surface area (Å²) in [5.41, 5.74) is 2.10. The van der Waals surface area contributed by atoms with Crippen LogP contribution in [0.2, 0.25) is 0 Å². The van der Waals surface area contributed by atoms with Crippen LogP contribution in [0.1, 0.15) is 37.5 Å². The highest BCUT2D eigenvalue weighted by atomic mass is 16.5. The lowest BCUT2D eigenvalue weighted by Crippen LogP contribution is -2.19. The quantitative estimate of drug-likeness (QED) is 0.865. The minimum Gasteiger partial charge on any atom is -0.349 e. The topological polar surface area (TPSA) is 63.8 Å². The molecule has 19 heavy (non-hydrogen) atoms. The standard InChI is InChI=1S/C14H20N4O/c1-4-6-13-17-14(18-19-13)16-11(3)9-12-8-5-7-10(2)15-12/h5,7-8,11H,4,6,9H2,1-3H3,(H,16,18)/t11-/m0/s1. The summed E-state index contributed by atoms with van der Waals surface area (Å²) in [6.45, 7) is 6.17. The molecule has 0 aliphatic heterocycles. The van der Waals surface area contributed by atoms with Gasteiger partial charge in [-0.1, -0.05) is 13.0 Å². The predicted octanol–water partition coefficient (Wildman–Crippen LogP) is 2.77. The van der Waals surface area contributed by atoms with Crippen molar-refractivity contribution in [3.05, 3.63) is 35.5 Å². The lowest BCUT2D eigenvalue weighted by atomic mass is 10.1. The van der Waals surface area contributed by atoms with Gasteiger partial charge in [-0.15, -0.1) is 0 Å². The highest BCUT2D eigenvalue weighted by Gasteiger charge is 2.09. The number of hydrogen-bond donors (Lipinski definition) is 1. The monoisotopic (exact) mass is 260 g/mol. The van der Waals surface area contributed by atoms with Crippen molar-refractivity contribution in [2.75, 3.05) is 5.32 Å². The van der Waals surface area contributed by atoms with Crippen LogP contribution < -0.4 is 5.32 Å². The molecule has 2 rings (SSSR count). The number of pyridine rings is 1. The SMILES string of the molecule is CCCc1nc(N[C@@H](C)Cc2cccc(C)n2)no1. The van der Waals surface area contributed by atoms with E-state index in [4.69, 9.17) is 4.52 Å². The Kier molecular flexibility index (Phi) is 4.49. The summed E-state index contributed by atoms with van der Waals surface area (Å²) in [5.74, 6) is 1.24. The van der Waals surface area contributed by atoms with Crippen molar-refractivity contribution >= 4 is 5.95 Å². The fourth-order valence-electron chi connectivity index (χ4n) is 1.93. The van der Waals surface area contributed by atoms with E-state index in [0.29, 0.717) is 11.8 Å². The predicted molar refractivity (Wildman–Crippen MR) is 74.1 cm³/mol. The van der Waals surface area contributed by atoms with E-state index in [9.17, 15) is 0 Å². The molecule has 5 heteroatoms. The maximum Gasteiger partial charge on any atom is 0.263 e. The van der Waals surface area contributed by atoms with Gasteiger partial charge in [0, 0.05) is 30.3 Å². The van der Waals surface area contributed by atoms with E-state index in [1.807, 2.05) is 25.1 Å². The molecule has 0 fully saturated rings. The Bertz CT molecular complexity index is 524. The molecule has 2 aromatic heterocycles. The maximum absolute atomic E-state index is 5.14. The number of rotatable bonds is 6. The smallest absolute Gasteiger partial charge is 0.263 e. The molecule has 5 nitrogen and oxygen atoms in total. The molecule has 0 aromatic carbocycles. The largest absolute Gasteiger partial charge is 0.349 e. The summed E-state index contributed by atoms with van der Waals surface area (Å²) in [6.07, 6.45) is 2.66. The van der Waals surface area contributed by atoms with E-state index in [1.165, 1.54) is 0 Å². The average Bonchev–Trinajstić information content (AvgIpc) is 2.77. The molecule has 0 unspecified atom stereocenters. The second-order valence-electron chi connectivity index (χ2n) is 4.78. The minimum absolute atomic E-state index is 0.210. The molecular weight excluding hydrogens is 240 g/mol. The fourth-order valence-corrected chi connectivity index (χ4v) is 1.93. The Balaban J connectivity index is 1.91. The molecule has 0 amide bonds. The molecule has 0 spiro atoms. The van der Waals surface area contributed by atoms with E-state index in [2.05, 4.69) is 34.3 Å². The van der Waals surface area contributed by atoms with E-state index < -0.39 is 0 Å². The number of aryl methyl sites for hydroxylation is 2. The van der Waals surface area contributed by atoms with Crippen molar-refractivity contribution < 1.29 is 4.52 Å². The van der Waals surface area contributed by atoms with Gasteiger partial charge in [-0.2, -0.15) is 4.98 Å². The second-order valence-corrected chi connectivity index (χ2v) is 4.78. The molecule has 0 aliphatic rings. The first-order chi connectivity index (χ1) is 9.17. The zero-order chi connectivity index (χ0) is 13.7. The van der Waals surface area contributed by atoms with Crippen molar-refractivity contribution in [1.29, 1.82) is 0 Å². The third-order valence-corrected chi connectivity index (χ3v) is 2.77. The van der Waals surface area contributed by atoms with Gasteiger partial charge in [-0.3, -0.25) is 4.98 Å². The van der Waals surface area contributed by atoms with E-state index in [-0.39, 0.29) is 6.04 Å².